The average molecular weight is 278 g/mol. The van der Waals surface area contributed by atoms with Crippen molar-refractivity contribution in [1.82, 2.24) is 4.90 Å². The number of benzene rings is 1. The van der Waals surface area contributed by atoms with E-state index < -0.39 is 0 Å². The molecule has 1 unspecified atom stereocenters. The van der Waals surface area contributed by atoms with Crippen LogP contribution >= 0.6 is 24.8 Å². The van der Waals surface area contributed by atoms with E-state index in [1.807, 2.05) is 18.2 Å². The van der Waals surface area contributed by atoms with Gasteiger partial charge in [0.05, 0.1) is 0 Å². The molecular formula is C12H21Cl2N3. The van der Waals surface area contributed by atoms with E-state index in [1.54, 1.807) is 0 Å². The Bertz CT molecular complexity index is 333. The summed E-state index contributed by atoms with van der Waals surface area (Å²) >= 11 is 0. The van der Waals surface area contributed by atoms with Crippen molar-refractivity contribution in [2.24, 2.45) is 5.73 Å². The summed E-state index contributed by atoms with van der Waals surface area (Å²) in [4.78, 5) is 2.41. The maximum atomic E-state index is 5.94. The second kappa shape index (κ2) is 7.77. The molecule has 1 heterocycles. The molecule has 1 saturated heterocycles. The van der Waals surface area contributed by atoms with Crippen molar-refractivity contribution in [3.63, 3.8) is 0 Å². The summed E-state index contributed by atoms with van der Waals surface area (Å²) in [6.45, 7) is 3.13. The van der Waals surface area contributed by atoms with Crippen LogP contribution in [0.25, 0.3) is 0 Å². The highest BCUT2D eigenvalue weighted by molar-refractivity contribution is 5.85. The fourth-order valence-corrected chi connectivity index (χ4v) is 2.18. The van der Waals surface area contributed by atoms with Gasteiger partial charge in [-0.3, -0.25) is 4.90 Å². The Morgan fingerprint density at radius 2 is 2.06 bits per heavy atom. The fourth-order valence-electron chi connectivity index (χ4n) is 2.18. The molecule has 0 bridgehead atoms. The zero-order valence-corrected chi connectivity index (χ0v) is 11.5. The first-order valence-corrected chi connectivity index (χ1v) is 5.56. The predicted octanol–water partition coefficient (Wildman–Crippen LogP) is 2.04. The lowest BCUT2D eigenvalue weighted by Crippen LogP contribution is -2.42. The molecule has 0 radical (unpaired) electrons. The van der Waals surface area contributed by atoms with Crippen LogP contribution in [-0.4, -0.2) is 24.0 Å². The largest absolute Gasteiger partial charge is 0.399 e. The molecule has 17 heavy (non-hydrogen) atoms. The van der Waals surface area contributed by atoms with Gasteiger partial charge in [-0.05, 0) is 37.1 Å². The smallest absolute Gasteiger partial charge is 0.0317 e. The molecule has 4 N–H and O–H groups in total. The van der Waals surface area contributed by atoms with E-state index in [-0.39, 0.29) is 24.8 Å². The standard InChI is InChI=1S/C12H19N3.2ClH/c13-11-4-1-3-10(7-11)8-15-6-2-5-12(14)9-15;;/h1,3-4,7,12H,2,5-6,8-9,13-14H2;2*1H. The number of nitrogens with zero attached hydrogens (tertiary/aromatic N) is 1. The van der Waals surface area contributed by atoms with Crippen molar-refractivity contribution in [2.45, 2.75) is 25.4 Å². The van der Waals surface area contributed by atoms with E-state index in [0.717, 1.165) is 31.7 Å². The van der Waals surface area contributed by atoms with Gasteiger partial charge in [-0.1, -0.05) is 12.1 Å². The molecule has 0 spiro atoms. The molecule has 1 fully saturated rings. The third kappa shape index (κ3) is 5.13. The molecule has 3 nitrogen and oxygen atoms in total. The average Bonchev–Trinajstić information content (AvgIpc) is 2.17. The lowest BCUT2D eigenvalue weighted by molar-refractivity contribution is 0.201. The molecule has 1 aromatic rings. The van der Waals surface area contributed by atoms with E-state index in [9.17, 15) is 0 Å². The molecule has 0 saturated carbocycles. The van der Waals surface area contributed by atoms with Gasteiger partial charge in [0.1, 0.15) is 0 Å². The Balaban J connectivity index is 0.00000128. The van der Waals surface area contributed by atoms with Crippen molar-refractivity contribution in [3.8, 4) is 0 Å². The van der Waals surface area contributed by atoms with E-state index in [4.69, 9.17) is 11.5 Å². The van der Waals surface area contributed by atoms with Gasteiger partial charge >= 0.3 is 0 Å². The number of rotatable bonds is 2. The van der Waals surface area contributed by atoms with Crippen molar-refractivity contribution < 1.29 is 0 Å². The van der Waals surface area contributed by atoms with Crippen LogP contribution in [0.4, 0.5) is 5.69 Å². The highest BCUT2D eigenvalue weighted by Gasteiger charge is 2.16. The molecule has 0 amide bonds. The summed E-state index contributed by atoms with van der Waals surface area (Å²) in [6, 6.07) is 8.44. The zero-order valence-electron chi connectivity index (χ0n) is 9.84. The van der Waals surface area contributed by atoms with Crippen LogP contribution in [0, 0.1) is 0 Å². The molecule has 1 aromatic carbocycles. The van der Waals surface area contributed by atoms with Gasteiger partial charge in [0.2, 0.25) is 0 Å². The third-order valence-corrected chi connectivity index (χ3v) is 2.90. The van der Waals surface area contributed by atoms with Gasteiger partial charge in [-0.25, -0.2) is 0 Å². The first-order valence-electron chi connectivity index (χ1n) is 5.56. The molecule has 1 aliphatic rings. The lowest BCUT2D eigenvalue weighted by atomic mass is 10.1. The Kier molecular flexibility index (Phi) is 7.55. The first-order chi connectivity index (χ1) is 7.24. The van der Waals surface area contributed by atoms with Crippen LogP contribution < -0.4 is 11.5 Å². The highest BCUT2D eigenvalue weighted by atomic mass is 35.5. The minimum Gasteiger partial charge on any atom is -0.399 e. The third-order valence-electron chi connectivity index (χ3n) is 2.90. The summed E-state index contributed by atoms with van der Waals surface area (Å²) in [7, 11) is 0. The lowest BCUT2D eigenvalue weighted by Gasteiger charge is -2.30. The van der Waals surface area contributed by atoms with Gasteiger partial charge in [0, 0.05) is 24.8 Å². The van der Waals surface area contributed by atoms with Gasteiger partial charge in [-0.15, -0.1) is 24.8 Å². The molecule has 1 aliphatic heterocycles. The maximum Gasteiger partial charge on any atom is 0.0317 e. The monoisotopic (exact) mass is 277 g/mol. The minimum absolute atomic E-state index is 0. The topological polar surface area (TPSA) is 55.3 Å². The normalized spacial score (nSPS) is 20.2. The van der Waals surface area contributed by atoms with Crippen molar-refractivity contribution in [3.05, 3.63) is 29.8 Å². The zero-order chi connectivity index (χ0) is 10.7. The number of likely N-dealkylation sites (tertiary alicyclic amines) is 1. The number of nitrogens with two attached hydrogens (primary N) is 2. The Labute approximate surface area is 115 Å². The van der Waals surface area contributed by atoms with Crippen molar-refractivity contribution in [1.29, 1.82) is 0 Å². The summed E-state index contributed by atoms with van der Waals surface area (Å²) in [5, 5.41) is 0. The number of hydrogen-bond donors (Lipinski definition) is 2. The molecule has 0 aliphatic carbocycles. The number of hydrogen-bond acceptors (Lipinski definition) is 3. The highest BCUT2D eigenvalue weighted by Crippen LogP contribution is 2.14. The number of nitrogen functional groups attached to an aromatic ring is 1. The van der Waals surface area contributed by atoms with Crippen LogP contribution in [0.5, 0.6) is 0 Å². The minimum atomic E-state index is 0. The Morgan fingerprint density at radius 1 is 1.29 bits per heavy atom. The van der Waals surface area contributed by atoms with Gasteiger partial charge in [0.15, 0.2) is 0 Å². The van der Waals surface area contributed by atoms with E-state index in [2.05, 4.69) is 11.0 Å². The summed E-state index contributed by atoms with van der Waals surface area (Å²) in [5.41, 5.74) is 13.8. The van der Waals surface area contributed by atoms with E-state index >= 15 is 0 Å². The van der Waals surface area contributed by atoms with Crippen LogP contribution in [0.3, 0.4) is 0 Å². The summed E-state index contributed by atoms with van der Waals surface area (Å²) in [5.74, 6) is 0. The molecule has 1 atom stereocenters. The Hall–Kier alpha value is -0.480. The van der Waals surface area contributed by atoms with E-state index in [0.29, 0.717) is 6.04 Å². The van der Waals surface area contributed by atoms with Crippen LogP contribution in [-0.2, 0) is 6.54 Å². The second-order valence-corrected chi connectivity index (χ2v) is 4.38. The van der Waals surface area contributed by atoms with Crippen LogP contribution in [0.2, 0.25) is 0 Å². The van der Waals surface area contributed by atoms with Gasteiger partial charge < -0.3 is 11.5 Å². The maximum absolute atomic E-state index is 5.94. The summed E-state index contributed by atoms with van der Waals surface area (Å²) < 4.78 is 0. The van der Waals surface area contributed by atoms with Crippen molar-refractivity contribution >= 4 is 30.5 Å². The molecular weight excluding hydrogens is 257 g/mol. The second-order valence-electron chi connectivity index (χ2n) is 4.38. The fraction of sp³-hybridized carbons (Fsp3) is 0.500. The van der Waals surface area contributed by atoms with Gasteiger partial charge in [0.25, 0.3) is 0 Å². The molecule has 5 heteroatoms. The Morgan fingerprint density at radius 3 is 2.71 bits per heavy atom. The number of halogens is 2. The number of piperidine rings is 1. The predicted molar refractivity (Wildman–Crippen MR) is 77.8 cm³/mol. The number of anilines is 1. The molecule has 0 aromatic heterocycles. The van der Waals surface area contributed by atoms with E-state index in [1.165, 1.54) is 12.0 Å². The van der Waals surface area contributed by atoms with Crippen molar-refractivity contribution in [2.75, 3.05) is 18.8 Å². The summed E-state index contributed by atoms with van der Waals surface area (Å²) in [6.07, 6.45) is 2.37. The SMILES string of the molecule is Cl.Cl.Nc1cccc(CN2CCCC(N)C2)c1. The first kappa shape index (κ1) is 16.5. The quantitative estimate of drug-likeness (QED) is 0.814. The van der Waals surface area contributed by atoms with Crippen LogP contribution in [0.15, 0.2) is 24.3 Å². The molecule has 98 valence electrons. The van der Waals surface area contributed by atoms with Gasteiger partial charge in [-0.2, -0.15) is 0 Å². The molecule has 2 rings (SSSR count). The van der Waals surface area contributed by atoms with Crippen LogP contribution in [0.1, 0.15) is 18.4 Å².